The first-order valence-corrected chi connectivity index (χ1v) is 6.53. The van der Waals surface area contributed by atoms with E-state index in [9.17, 15) is 4.79 Å². The first kappa shape index (κ1) is 12.1. The molecule has 1 aliphatic heterocycles. The lowest BCUT2D eigenvalue weighted by molar-refractivity contribution is -0.117. The van der Waals surface area contributed by atoms with Gasteiger partial charge in [0, 0.05) is 21.6 Å². The van der Waals surface area contributed by atoms with E-state index >= 15 is 0 Å². The van der Waals surface area contributed by atoms with Gasteiger partial charge in [0.1, 0.15) is 0 Å². The average Bonchev–Trinajstić information content (AvgIpc) is 2.60. The van der Waals surface area contributed by atoms with Gasteiger partial charge in [-0.05, 0) is 53.3 Å². The highest BCUT2D eigenvalue weighted by Crippen LogP contribution is 2.30. The molecule has 1 heterocycles. The van der Waals surface area contributed by atoms with E-state index < -0.39 is 0 Å². The highest BCUT2D eigenvalue weighted by atomic mass is 127. The fourth-order valence-corrected chi connectivity index (χ4v) is 3.04. The molecule has 1 unspecified atom stereocenters. The Hall–Kier alpha value is -0.330. The first-order chi connectivity index (χ1) is 7.61. The fraction of sp³-hybridized carbons (Fsp3) is 0.364. The van der Waals surface area contributed by atoms with E-state index in [0.29, 0.717) is 24.5 Å². The lowest BCUT2D eigenvalue weighted by atomic mass is 10.1. The van der Waals surface area contributed by atoms with Crippen LogP contribution in [0.4, 0.5) is 5.69 Å². The van der Waals surface area contributed by atoms with E-state index in [0.717, 1.165) is 9.26 Å². The molecule has 16 heavy (non-hydrogen) atoms. The molecule has 1 aromatic carbocycles. The van der Waals surface area contributed by atoms with Crippen LogP contribution in [0.25, 0.3) is 0 Å². The molecule has 3 nitrogen and oxygen atoms in total. The summed E-state index contributed by atoms with van der Waals surface area (Å²) in [6, 6.07) is 5.56. The monoisotopic (exact) mass is 350 g/mol. The van der Waals surface area contributed by atoms with Gasteiger partial charge in [0.25, 0.3) is 0 Å². The Morgan fingerprint density at radius 3 is 2.88 bits per heavy atom. The van der Waals surface area contributed by atoms with Gasteiger partial charge in [-0.1, -0.05) is 11.6 Å². The Bertz CT molecular complexity index is 424. The van der Waals surface area contributed by atoms with Crippen LogP contribution in [0.3, 0.4) is 0 Å². The molecule has 0 spiro atoms. The van der Waals surface area contributed by atoms with Crippen molar-refractivity contribution in [3.8, 4) is 0 Å². The van der Waals surface area contributed by atoms with Crippen LogP contribution >= 0.6 is 34.2 Å². The summed E-state index contributed by atoms with van der Waals surface area (Å²) in [6.45, 7) is 1.28. The van der Waals surface area contributed by atoms with Crippen LogP contribution < -0.4 is 10.6 Å². The third-order valence-electron chi connectivity index (χ3n) is 2.74. The number of nitrogens with zero attached hydrogens (tertiary/aromatic N) is 1. The maximum Gasteiger partial charge on any atom is 0.227 e. The molecule has 0 aliphatic carbocycles. The number of hydrogen-bond donors (Lipinski definition) is 1. The van der Waals surface area contributed by atoms with Crippen LogP contribution in [0.15, 0.2) is 18.2 Å². The van der Waals surface area contributed by atoms with Gasteiger partial charge < -0.3 is 10.6 Å². The predicted molar refractivity (Wildman–Crippen MR) is 73.7 cm³/mol. The molecule has 0 aromatic heterocycles. The maximum atomic E-state index is 11.8. The number of halogens is 2. The number of benzene rings is 1. The minimum Gasteiger partial charge on any atom is -0.330 e. The number of rotatable bonds is 2. The molecule has 2 N–H and O–H groups in total. The number of hydrogen-bond acceptors (Lipinski definition) is 2. The van der Waals surface area contributed by atoms with Gasteiger partial charge in [-0.25, -0.2) is 0 Å². The van der Waals surface area contributed by atoms with E-state index in [4.69, 9.17) is 17.3 Å². The Kier molecular flexibility index (Phi) is 3.71. The lowest BCUT2D eigenvalue weighted by Crippen LogP contribution is -2.26. The molecule has 1 amide bonds. The van der Waals surface area contributed by atoms with Gasteiger partial charge in [-0.15, -0.1) is 0 Å². The van der Waals surface area contributed by atoms with Crippen LogP contribution in [-0.2, 0) is 4.79 Å². The van der Waals surface area contributed by atoms with Crippen LogP contribution in [0.1, 0.15) is 6.42 Å². The molecule has 2 rings (SSSR count). The van der Waals surface area contributed by atoms with Crippen LogP contribution in [0.5, 0.6) is 0 Å². The van der Waals surface area contributed by atoms with Crippen molar-refractivity contribution >= 4 is 45.8 Å². The van der Waals surface area contributed by atoms with Crippen molar-refractivity contribution in [1.82, 2.24) is 0 Å². The Balaban J connectivity index is 2.28. The first-order valence-electron chi connectivity index (χ1n) is 5.07. The topological polar surface area (TPSA) is 46.3 Å². The number of nitrogens with two attached hydrogens (primary N) is 1. The molecule has 5 heteroatoms. The summed E-state index contributed by atoms with van der Waals surface area (Å²) in [7, 11) is 0. The average molecular weight is 351 g/mol. The minimum atomic E-state index is 0.149. The Morgan fingerprint density at radius 1 is 1.56 bits per heavy atom. The van der Waals surface area contributed by atoms with Crippen molar-refractivity contribution in [1.29, 1.82) is 0 Å². The van der Waals surface area contributed by atoms with Gasteiger partial charge in [0.2, 0.25) is 5.91 Å². The molecule has 86 valence electrons. The minimum absolute atomic E-state index is 0.149. The summed E-state index contributed by atoms with van der Waals surface area (Å²) in [5, 5.41) is 0.690. The standard InChI is InChI=1S/C11H12ClIN2O/c12-8-1-2-10(9(13)4-8)15-6-7(5-14)3-11(15)16/h1-2,4,7H,3,5-6,14H2. The van der Waals surface area contributed by atoms with Gasteiger partial charge in [-0.2, -0.15) is 0 Å². The second kappa shape index (κ2) is 4.89. The second-order valence-corrected chi connectivity index (χ2v) is 5.50. The molecular weight excluding hydrogens is 338 g/mol. The summed E-state index contributed by atoms with van der Waals surface area (Å²) in [5.74, 6) is 0.426. The third-order valence-corrected chi connectivity index (χ3v) is 3.84. The van der Waals surface area contributed by atoms with Crippen molar-refractivity contribution in [2.45, 2.75) is 6.42 Å². The summed E-state index contributed by atoms with van der Waals surface area (Å²) in [5.41, 5.74) is 6.53. The van der Waals surface area contributed by atoms with Gasteiger partial charge >= 0.3 is 0 Å². The number of carbonyl (C=O) groups is 1. The molecule has 1 aromatic rings. The number of carbonyl (C=O) groups excluding carboxylic acids is 1. The maximum absolute atomic E-state index is 11.8. The SMILES string of the molecule is NCC1CC(=O)N(c2ccc(Cl)cc2I)C1. The zero-order valence-corrected chi connectivity index (χ0v) is 11.5. The zero-order chi connectivity index (χ0) is 11.7. The van der Waals surface area contributed by atoms with Crippen molar-refractivity contribution < 1.29 is 4.79 Å². The molecule has 0 bridgehead atoms. The predicted octanol–water partition coefficient (Wildman–Crippen LogP) is 2.26. The van der Waals surface area contributed by atoms with E-state index in [1.54, 1.807) is 4.90 Å². The molecule has 1 saturated heterocycles. The molecule has 1 atom stereocenters. The highest BCUT2D eigenvalue weighted by molar-refractivity contribution is 14.1. The zero-order valence-electron chi connectivity index (χ0n) is 8.62. The summed E-state index contributed by atoms with van der Waals surface area (Å²) in [6.07, 6.45) is 0.551. The second-order valence-electron chi connectivity index (χ2n) is 3.91. The van der Waals surface area contributed by atoms with E-state index in [1.807, 2.05) is 18.2 Å². The largest absolute Gasteiger partial charge is 0.330 e. The van der Waals surface area contributed by atoms with E-state index in [2.05, 4.69) is 22.6 Å². The molecular formula is C11H12ClIN2O. The van der Waals surface area contributed by atoms with Gasteiger partial charge in [0.15, 0.2) is 0 Å². The molecule has 0 radical (unpaired) electrons. The third kappa shape index (κ3) is 2.33. The fourth-order valence-electron chi connectivity index (χ4n) is 1.87. The Labute approximate surface area is 113 Å². The molecule has 0 saturated carbocycles. The molecule has 1 fully saturated rings. The summed E-state index contributed by atoms with van der Waals surface area (Å²) >= 11 is 8.08. The van der Waals surface area contributed by atoms with E-state index in [-0.39, 0.29) is 11.8 Å². The van der Waals surface area contributed by atoms with Gasteiger partial charge in [-0.3, -0.25) is 4.79 Å². The number of anilines is 1. The smallest absolute Gasteiger partial charge is 0.227 e. The normalized spacial score (nSPS) is 20.6. The van der Waals surface area contributed by atoms with Crippen molar-refractivity contribution in [3.63, 3.8) is 0 Å². The van der Waals surface area contributed by atoms with Crippen molar-refractivity contribution in [3.05, 3.63) is 26.8 Å². The summed E-state index contributed by atoms with van der Waals surface area (Å²) in [4.78, 5) is 13.6. The van der Waals surface area contributed by atoms with Crippen LogP contribution in [-0.4, -0.2) is 19.0 Å². The quantitative estimate of drug-likeness (QED) is 0.832. The van der Waals surface area contributed by atoms with Crippen LogP contribution in [0, 0.1) is 9.49 Å². The van der Waals surface area contributed by atoms with Gasteiger partial charge in [0.05, 0.1) is 5.69 Å². The highest BCUT2D eigenvalue weighted by Gasteiger charge is 2.30. The molecule has 1 aliphatic rings. The lowest BCUT2D eigenvalue weighted by Gasteiger charge is -2.18. The van der Waals surface area contributed by atoms with Crippen molar-refractivity contribution in [2.24, 2.45) is 11.7 Å². The van der Waals surface area contributed by atoms with E-state index in [1.165, 1.54) is 0 Å². The van der Waals surface area contributed by atoms with Crippen LogP contribution in [0.2, 0.25) is 5.02 Å². The Morgan fingerprint density at radius 2 is 2.31 bits per heavy atom. The number of amides is 1. The summed E-state index contributed by atoms with van der Waals surface area (Å²) < 4.78 is 0.996. The van der Waals surface area contributed by atoms with Crippen molar-refractivity contribution in [2.75, 3.05) is 18.0 Å².